The molecule has 0 saturated heterocycles. The van der Waals surface area contributed by atoms with Crippen LogP contribution >= 0.6 is 7.26 Å². The molecule has 0 aliphatic rings. The van der Waals surface area contributed by atoms with Crippen LogP contribution in [-0.4, -0.2) is 30.1 Å². The van der Waals surface area contributed by atoms with Crippen LogP contribution in [0.5, 0.6) is 0 Å². The molecule has 1 aromatic rings. The van der Waals surface area contributed by atoms with Crippen molar-refractivity contribution in [3.63, 3.8) is 0 Å². The molecule has 1 rings (SSSR count). The van der Waals surface area contributed by atoms with Gasteiger partial charge >= 0.3 is 141 Å². The van der Waals surface area contributed by atoms with Gasteiger partial charge in [-0.2, -0.15) is 0 Å². The van der Waals surface area contributed by atoms with Crippen LogP contribution in [0.25, 0.3) is 0 Å². The number of halogens is 1. The van der Waals surface area contributed by atoms with E-state index in [0.29, 0.717) is 0 Å². The van der Waals surface area contributed by atoms with Gasteiger partial charge in [-0.1, -0.05) is 0 Å². The maximum absolute atomic E-state index is 13.5. The molecule has 1 unspecified atom stereocenters. The Balaban J connectivity index is 3.13. The minimum atomic E-state index is -1.62. The van der Waals surface area contributed by atoms with E-state index in [9.17, 15) is 9.18 Å². The van der Waals surface area contributed by atoms with E-state index in [-0.39, 0.29) is 17.4 Å². The van der Waals surface area contributed by atoms with E-state index in [2.05, 4.69) is 33.0 Å². The molecule has 0 saturated carbocycles. The minimum absolute atomic E-state index is 0.136. The number of benzene rings is 1. The van der Waals surface area contributed by atoms with Crippen LogP contribution in [-0.2, 0) is 4.79 Å². The Bertz CT molecular complexity index is 509. The fourth-order valence-corrected chi connectivity index (χ4v) is 8.32. The third-order valence-electron chi connectivity index (χ3n) is 5.49. The Morgan fingerprint density at radius 2 is 1.57 bits per heavy atom. The molecule has 2 nitrogen and oxygen atoms in total. The molecule has 0 fully saturated rings. The van der Waals surface area contributed by atoms with Crippen molar-refractivity contribution in [2.75, 3.05) is 23.8 Å². The molecule has 0 aromatic heterocycles. The quantitative estimate of drug-likeness (QED) is 0.634. The molecule has 0 bridgehead atoms. The van der Waals surface area contributed by atoms with Gasteiger partial charge in [0, 0.05) is 0 Å². The van der Waals surface area contributed by atoms with Gasteiger partial charge in [0.25, 0.3) is 0 Å². The van der Waals surface area contributed by atoms with Crippen molar-refractivity contribution >= 4 is 18.9 Å². The fourth-order valence-electron chi connectivity index (χ4n) is 3.81. The molecular formula is C19H33FNOP. The van der Waals surface area contributed by atoms with E-state index in [0.717, 1.165) is 48.1 Å². The molecule has 0 spiro atoms. The van der Waals surface area contributed by atoms with Gasteiger partial charge in [0.2, 0.25) is 0 Å². The van der Waals surface area contributed by atoms with Gasteiger partial charge in [-0.05, 0) is 0 Å². The number of anilines is 1. The average Bonchev–Trinajstić information content (AvgIpc) is 2.51. The summed E-state index contributed by atoms with van der Waals surface area (Å²) in [6.45, 7) is 12.6. The summed E-state index contributed by atoms with van der Waals surface area (Å²) in [5, 5.41) is 3.13. The number of hydrogen-bond donors (Lipinski definition) is 1. The Morgan fingerprint density at radius 1 is 1.09 bits per heavy atom. The number of aryl methyl sites for hydroxylation is 2. The van der Waals surface area contributed by atoms with Crippen molar-refractivity contribution in [1.82, 2.24) is 0 Å². The molecule has 0 radical (unpaired) electrons. The second-order valence-electron chi connectivity index (χ2n) is 6.67. The molecule has 4 heteroatoms. The molecule has 1 N–H and O–H groups in total. The summed E-state index contributed by atoms with van der Waals surface area (Å²) in [6, 6.07) is 2.98. The summed E-state index contributed by atoms with van der Waals surface area (Å²) in [5.41, 5.74) is 2.51. The van der Waals surface area contributed by atoms with E-state index >= 15 is 0 Å². The fraction of sp³-hybridized carbons (Fsp3) is 0.632. The summed E-state index contributed by atoms with van der Waals surface area (Å²) < 4.78 is 13.5. The van der Waals surface area contributed by atoms with Gasteiger partial charge in [0.1, 0.15) is 0 Å². The molecule has 23 heavy (non-hydrogen) atoms. The van der Waals surface area contributed by atoms with Crippen LogP contribution in [0.3, 0.4) is 0 Å². The first-order valence-electron chi connectivity index (χ1n) is 8.92. The van der Waals surface area contributed by atoms with Crippen molar-refractivity contribution in [2.45, 2.75) is 60.0 Å². The second-order valence-corrected chi connectivity index (χ2v) is 12.2. The van der Waals surface area contributed by atoms with Gasteiger partial charge < -0.3 is 0 Å². The first-order valence-corrected chi connectivity index (χ1v) is 11.6. The number of amides is 1. The van der Waals surface area contributed by atoms with Crippen molar-refractivity contribution in [2.24, 2.45) is 0 Å². The van der Waals surface area contributed by atoms with Gasteiger partial charge in [0.15, 0.2) is 0 Å². The Kier molecular flexibility index (Phi) is 7.67. The maximum atomic E-state index is 13.5. The first kappa shape index (κ1) is 20.1. The number of nitrogens with one attached hydrogen (secondary N) is 1. The number of carbonyl (C=O) groups excluding carboxylic acids is 1. The molecule has 0 aliphatic heterocycles. The summed E-state index contributed by atoms with van der Waals surface area (Å²) in [4.78, 5) is 13.0. The molecule has 0 heterocycles. The zero-order chi connectivity index (χ0) is 17.6. The van der Waals surface area contributed by atoms with Crippen LogP contribution < -0.4 is 5.32 Å². The predicted octanol–water partition coefficient (Wildman–Crippen LogP) is 5.36. The van der Waals surface area contributed by atoms with Gasteiger partial charge in [0.05, 0.1) is 0 Å². The van der Waals surface area contributed by atoms with Crippen LogP contribution in [0.1, 0.15) is 51.7 Å². The molecule has 132 valence electrons. The standard InChI is InChI=1S/C19H33FNOP/c1-7-11-17(23(8-2,9-3)10-4)19(22)21-18-14(5)12-16(20)13-15(18)6/h12-13,17,23H,7-11H2,1-6H3,(H,21,22). The third kappa shape index (κ3) is 4.53. The summed E-state index contributed by atoms with van der Waals surface area (Å²) >= 11 is 0. The van der Waals surface area contributed by atoms with Crippen molar-refractivity contribution in [3.05, 3.63) is 29.1 Å². The Hall–Kier alpha value is -0.950. The Labute approximate surface area is 141 Å². The predicted molar refractivity (Wildman–Crippen MR) is 103 cm³/mol. The normalized spacial score (nSPS) is 13.7. The van der Waals surface area contributed by atoms with E-state index in [1.807, 2.05) is 13.8 Å². The second kappa shape index (κ2) is 8.78. The topological polar surface area (TPSA) is 29.1 Å². The van der Waals surface area contributed by atoms with Crippen LogP contribution in [0.2, 0.25) is 0 Å². The van der Waals surface area contributed by atoms with Crippen LogP contribution in [0, 0.1) is 19.7 Å². The van der Waals surface area contributed by atoms with Gasteiger partial charge in [-0.15, -0.1) is 0 Å². The Morgan fingerprint density at radius 3 is 1.96 bits per heavy atom. The van der Waals surface area contributed by atoms with Crippen molar-refractivity contribution < 1.29 is 9.18 Å². The zero-order valence-corrected chi connectivity index (χ0v) is 16.6. The third-order valence-corrected chi connectivity index (χ3v) is 11.7. The summed E-state index contributed by atoms with van der Waals surface area (Å²) in [5.74, 6) is -0.107. The molecule has 1 atom stereocenters. The number of hydrogen-bond acceptors (Lipinski definition) is 1. The first-order chi connectivity index (χ1) is 10.8. The zero-order valence-electron chi connectivity index (χ0n) is 15.6. The van der Waals surface area contributed by atoms with E-state index < -0.39 is 7.26 Å². The van der Waals surface area contributed by atoms with Gasteiger partial charge in [-0.3, -0.25) is 0 Å². The molecule has 0 aliphatic carbocycles. The van der Waals surface area contributed by atoms with Crippen LogP contribution in [0.15, 0.2) is 12.1 Å². The van der Waals surface area contributed by atoms with Crippen molar-refractivity contribution in [1.29, 1.82) is 0 Å². The summed E-state index contributed by atoms with van der Waals surface area (Å²) in [7, 11) is -1.62. The SMILES string of the molecule is CCCC(C(=O)Nc1c(C)cc(F)cc1C)[PH](CC)(CC)CC. The number of rotatable bonds is 8. The van der Waals surface area contributed by atoms with Crippen molar-refractivity contribution in [3.8, 4) is 0 Å². The van der Waals surface area contributed by atoms with E-state index in [1.165, 1.54) is 12.1 Å². The molecule has 1 aromatic carbocycles. The van der Waals surface area contributed by atoms with E-state index in [4.69, 9.17) is 0 Å². The average molecular weight is 341 g/mol. The molecular weight excluding hydrogens is 308 g/mol. The van der Waals surface area contributed by atoms with Crippen LogP contribution in [0.4, 0.5) is 10.1 Å². The van der Waals surface area contributed by atoms with Gasteiger partial charge in [-0.25, -0.2) is 0 Å². The molecule has 1 amide bonds. The van der Waals surface area contributed by atoms with E-state index in [1.54, 1.807) is 0 Å². The number of carbonyl (C=O) groups is 1. The monoisotopic (exact) mass is 341 g/mol. The summed E-state index contributed by atoms with van der Waals surface area (Å²) in [6.07, 6.45) is 5.39.